The van der Waals surface area contributed by atoms with Crippen molar-refractivity contribution in [1.29, 1.82) is 0 Å². The zero-order valence-corrected chi connectivity index (χ0v) is 21.4. The van der Waals surface area contributed by atoms with E-state index in [1.165, 1.54) is 57.0 Å². The monoisotopic (exact) mass is 463 g/mol. The molecule has 188 valence electrons. The summed E-state index contributed by atoms with van der Waals surface area (Å²) in [7, 11) is 1.33. The second-order valence-corrected chi connectivity index (χ2v) is 9.77. The van der Waals surface area contributed by atoms with Crippen LogP contribution >= 0.6 is 0 Å². The van der Waals surface area contributed by atoms with Crippen LogP contribution in [0.25, 0.3) is 0 Å². The van der Waals surface area contributed by atoms with E-state index in [-0.39, 0.29) is 5.75 Å². The molecule has 0 radical (unpaired) electrons. The van der Waals surface area contributed by atoms with E-state index in [0.29, 0.717) is 13.0 Å². The average Bonchev–Trinajstić information content (AvgIpc) is 2.76. The maximum absolute atomic E-state index is 13.0. The van der Waals surface area contributed by atoms with Crippen molar-refractivity contribution < 1.29 is 24.2 Å². The standard InChI is InChI=1S/C27H45NO5/c1-6-7-8-9-10-11-12-13-14-15-20-28(26(31)33-27(2,3)4)24(25(30)32-5)21-22-16-18-23(29)19-17-22/h16-19,24,29H,6-15,20-21H2,1-5H3/t24-/m0/s1. The van der Waals surface area contributed by atoms with Gasteiger partial charge in [-0.05, 0) is 44.9 Å². The number of unbranched alkanes of at least 4 members (excludes halogenated alkanes) is 9. The van der Waals surface area contributed by atoms with Crippen molar-refractivity contribution in [3.63, 3.8) is 0 Å². The summed E-state index contributed by atoms with van der Waals surface area (Å²) in [6.07, 6.45) is 11.7. The highest BCUT2D eigenvalue weighted by Gasteiger charge is 2.33. The number of hydrogen-bond donors (Lipinski definition) is 1. The molecule has 1 rings (SSSR count). The molecule has 0 unspecified atom stereocenters. The first kappa shape index (κ1) is 28.8. The Labute approximate surface area is 200 Å². The van der Waals surface area contributed by atoms with Crippen LogP contribution in [0.3, 0.4) is 0 Å². The normalized spacial score (nSPS) is 12.3. The van der Waals surface area contributed by atoms with Gasteiger partial charge >= 0.3 is 12.1 Å². The Hall–Kier alpha value is -2.24. The number of aromatic hydroxyl groups is 1. The lowest BCUT2D eigenvalue weighted by Gasteiger charge is -2.32. The Kier molecular flexibility index (Phi) is 13.6. The van der Waals surface area contributed by atoms with Crippen molar-refractivity contribution in [1.82, 2.24) is 4.90 Å². The molecule has 0 heterocycles. The van der Waals surface area contributed by atoms with Gasteiger partial charge in [-0.25, -0.2) is 9.59 Å². The second kappa shape index (κ2) is 15.6. The molecule has 1 aromatic rings. The molecule has 0 saturated heterocycles. The summed E-state index contributed by atoms with van der Waals surface area (Å²) in [5.74, 6) is -0.316. The average molecular weight is 464 g/mol. The molecule has 0 aliphatic rings. The lowest BCUT2D eigenvalue weighted by Crippen LogP contribution is -2.49. The fraction of sp³-hybridized carbons (Fsp3) is 0.704. The molecule has 0 saturated carbocycles. The van der Waals surface area contributed by atoms with E-state index in [4.69, 9.17) is 9.47 Å². The Morgan fingerprint density at radius 2 is 1.42 bits per heavy atom. The molecule has 1 amide bonds. The topological polar surface area (TPSA) is 76.1 Å². The third-order valence-electron chi connectivity index (χ3n) is 5.60. The molecule has 0 spiro atoms. The van der Waals surface area contributed by atoms with Gasteiger partial charge in [-0.15, -0.1) is 0 Å². The van der Waals surface area contributed by atoms with Gasteiger partial charge in [0.15, 0.2) is 0 Å². The molecule has 0 aliphatic heterocycles. The molecule has 1 N–H and O–H groups in total. The summed E-state index contributed by atoms with van der Waals surface area (Å²) < 4.78 is 10.6. The van der Waals surface area contributed by atoms with Gasteiger partial charge in [0.25, 0.3) is 0 Å². The third-order valence-corrected chi connectivity index (χ3v) is 5.60. The first-order chi connectivity index (χ1) is 15.7. The molecular formula is C27H45NO5. The van der Waals surface area contributed by atoms with Crippen molar-refractivity contribution in [2.75, 3.05) is 13.7 Å². The summed E-state index contributed by atoms with van der Waals surface area (Å²) >= 11 is 0. The van der Waals surface area contributed by atoms with Crippen LogP contribution in [-0.2, 0) is 20.7 Å². The van der Waals surface area contributed by atoms with Crippen LogP contribution in [0, 0.1) is 0 Å². The number of esters is 1. The Balaban J connectivity index is 2.72. The fourth-order valence-electron chi connectivity index (χ4n) is 3.78. The minimum Gasteiger partial charge on any atom is -0.508 e. The van der Waals surface area contributed by atoms with Gasteiger partial charge in [-0.2, -0.15) is 0 Å². The van der Waals surface area contributed by atoms with Gasteiger partial charge in [0.2, 0.25) is 0 Å². The smallest absolute Gasteiger partial charge is 0.411 e. The minimum absolute atomic E-state index is 0.155. The highest BCUT2D eigenvalue weighted by molar-refractivity contribution is 5.81. The Morgan fingerprint density at radius 3 is 1.91 bits per heavy atom. The maximum atomic E-state index is 13.0. The number of hydrogen-bond acceptors (Lipinski definition) is 5. The number of carbonyl (C=O) groups excluding carboxylic acids is 2. The van der Waals surface area contributed by atoms with Gasteiger partial charge in [-0.1, -0.05) is 76.8 Å². The van der Waals surface area contributed by atoms with Crippen LogP contribution in [0.2, 0.25) is 0 Å². The molecule has 0 bridgehead atoms. The zero-order valence-electron chi connectivity index (χ0n) is 21.4. The van der Waals surface area contributed by atoms with E-state index in [2.05, 4.69) is 6.92 Å². The van der Waals surface area contributed by atoms with Crippen LogP contribution < -0.4 is 0 Å². The number of nitrogens with zero attached hydrogens (tertiary/aromatic N) is 1. The number of ether oxygens (including phenoxy) is 2. The van der Waals surface area contributed by atoms with Crippen molar-refractivity contribution in [2.45, 2.75) is 110 Å². The molecule has 6 nitrogen and oxygen atoms in total. The van der Waals surface area contributed by atoms with Crippen LogP contribution in [0.5, 0.6) is 5.75 Å². The first-order valence-electron chi connectivity index (χ1n) is 12.5. The van der Waals surface area contributed by atoms with Crippen molar-refractivity contribution in [2.24, 2.45) is 0 Å². The maximum Gasteiger partial charge on any atom is 0.411 e. The zero-order chi connectivity index (χ0) is 24.7. The van der Waals surface area contributed by atoms with E-state index in [1.807, 2.05) is 20.8 Å². The van der Waals surface area contributed by atoms with E-state index < -0.39 is 23.7 Å². The van der Waals surface area contributed by atoms with Crippen LogP contribution in [0.4, 0.5) is 4.79 Å². The van der Waals surface area contributed by atoms with Crippen molar-refractivity contribution >= 4 is 12.1 Å². The van der Waals surface area contributed by atoms with Gasteiger partial charge in [0.1, 0.15) is 17.4 Å². The number of benzene rings is 1. The van der Waals surface area contributed by atoms with Crippen LogP contribution in [0.15, 0.2) is 24.3 Å². The summed E-state index contributed by atoms with van der Waals surface area (Å²) in [5, 5.41) is 9.55. The van der Waals surface area contributed by atoms with Gasteiger partial charge in [0, 0.05) is 13.0 Å². The van der Waals surface area contributed by atoms with Gasteiger partial charge in [0.05, 0.1) is 7.11 Å². The largest absolute Gasteiger partial charge is 0.508 e. The van der Waals surface area contributed by atoms with E-state index in [1.54, 1.807) is 24.3 Å². The SMILES string of the molecule is CCCCCCCCCCCCN(C(=O)OC(C)(C)C)[C@@H](Cc1ccc(O)cc1)C(=O)OC. The number of methoxy groups -OCH3 is 1. The van der Waals surface area contributed by atoms with Gasteiger partial charge < -0.3 is 14.6 Å². The number of phenolic OH excluding ortho intramolecular Hbond substituents is 1. The van der Waals surface area contributed by atoms with E-state index in [0.717, 1.165) is 24.8 Å². The lowest BCUT2D eigenvalue weighted by atomic mass is 10.0. The second-order valence-electron chi connectivity index (χ2n) is 9.77. The molecule has 33 heavy (non-hydrogen) atoms. The molecule has 0 fully saturated rings. The lowest BCUT2D eigenvalue weighted by molar-refractivity contribution is -0.146. The van der Waals surface area contributed by atoms with Crippen LogP contribution in [0.1, 0.15) is 97.5 Å². The summed E-state index contributed by atoms with van der Waals surface area (Å²) in [6, 6.07) is 5.86. The number of rotatable bonds is 15. The van der Waals surface area contributed by atoms with Crippen LogP contribution in [-0.4, -0.2) is 47.4 Å². The molecular weight excluding hydrogens is 418 g/mol. The highest BCUT2D eigenvalue weighted by atomic mass is 16.6. The van der Waals surface area contributed by atoms with E-state index >= 15 is 0 Å². The number of amides is 1. The van der Waals surface area contributed by atoms with E-state index in [9.17, 15) is 14.7 Å². The van der Waals surface area contributed by atoms with Crippen molar-refractivity contribution in [3.8, 4) is 5.75 Å². The van der Waals surface area contributed by atoms with Crippen molar-refractivity contribution in [3.05, 3.63) is 29.8 Å². The molecule has 1 atom stereocenters. The molecule has 0 aromatic heterocycles. The third kappa shape index (κ3) is 12.5. The first-order valence-corrected chi connectivity index (χ1v) is 12.5. The Morgan fingerprint density at radius 1 is 0.909 bits per heavy atom. The summed E-state index contributed by atoms with van der Waals surface area (Å²) in [6.45, 7) is 8.11. The highest BCUT2D eigenvalue weighted by Crippen LogP contribution is 2.19. The summed E-state index contributed by atoms with van der Waals surface area (Å²) in [5.41, 5.74) is 0.173. The number of carbonyl (C=O) groups is 2. The fourth-order valence-corrected chi connectivity index (χ4v) is 3.78. The Bertz CT molecular complexity index is 681. The quantitative estimate of drug-likeness (QED) is 0.233. The summed E-state index contributed by atoms with van der Waals surface area (Å²) in [4.78, 5) is 27.2. The predicted molar refractivity (Wildman–Crippen MR) is 132 cm³/mol. The molecule has 0 aliphatic carbocycles. The predicted octanol–water partition coefficient (Wildman–Crippen LogP) is 6.63. The van der Waals surface area contributed by atoms with Gasteiger partial charge in [-0.3, -0.25) is 4.90 Å². The number of phenols is 1. The molecule has 6 heteroatoms. The minimum atomic E-state index is -0.784. The molecule has 1 aromatic carbocycles.